The Morgan fingerprint density at radius 3 is 2.05 bits per heavy atom. The summed E-state index contributed by atoms with van der Waals surface area (Å²) in [6, 6.07) is 0. The van der Waals surface area contributed by atoms with Crippen molar-refractivity contribution in [1.82, 2.24) is 0 Å². The molecule has 7 heteroatoms. The fourth-order valence-electron chi connectivity index (χ4n) is 11.1. The summed E-state index contributed by atoms with van der Waals surface area (Å²) in [5.74, 6) is -0.937. The molecule has 7 nitrogen and oxygen atoms in total. The van der Waals surface area contributed by atoms with E-state index in [0.717, 1.165) is 32.1 Å². The van der Waals surface area contributed by atoms with Gasteiger partial charge in [0.2, 0.25) is 0 Å². The van der Waals surface area contributed by atoms with Crippen LogP contribution in [0, 0.1) is 50.2 Å². The number of rotatable bonds is 2. The van der Waals surface area contributed by atoms with Crippen LogP contribution in [0.3, 0.4) is 0 Å². The Morgan fingerprint density at radius 1 is 0.821 bits per heavy atom. The molecule has 5 aliphatic carbocycles. The van der Waals surface area contributed by atoms with E-state index >= 15 is 0 Å². The largest absolute Gasteiger partial charge is 0.469 e. The van der Waals surface area contributed by atoms with Crippen LogP contribution in [-0.4, -0.2) is 59.8 Å². The highest BCUT2D eigenvalue weighted by Crippen LogP contribution is 2.76. The molecule has 0 radical (unpaired) electrons. The van der Waals surface area contributed by atoms with Crippen molar-refractivity contribution in [3.8, 4) is 0 Å². The van der Waals surface area contributed by atoms with Crippen molar-refractivity contribution in [2.45, 2.75) is 111 Å². The summed E-state index contributed by atoms with van der Waals surface area (Å²) in [4.78, 5) is 26.6. The Morgan fingerprint density at radius 2 is 1.44 bits per heavy atom. The van der Waals surface area contributed by atoms with Crippen LogP contribution in [0.2, 0.25) is 0 Å². The zero-order chi connectivity index (χ0) is 29.0. The van der Waals surface area contributed by atoms with E-state index in [1.165, 1.54) is 19.8 Å². The molecule has 0 spiro atoms. The maximum Gasteiger partial charge on any atom is 0.314 e. The first-order valence-electron chi connectivity index (χ1n) is 14.9. The van der Waals surface area contributed by atoms with Crippen molar-refractivity contribution in [3.63, 3.8) is 0 Å². The summed E-state index contributed by atoms with van der Waals surface area (Å²) in [6.45, 7) is 12.9. The molecule has 0 aromatic rings. The molecule has 0 amide bonds. The minimum atomic E-state index is -1.19. The first-order chi connectivity index (χ1) is 18.0. The average molecular weight is 547 g/mol. The molecule has 0 aliphatic heterocycles. The number of aliphatic hydroxyl groups is 3. The molecule has 4 saturated carbocycles. The van der Waals surface area contributed by atoms with Gasteiger partial charge in [0.15, 0.2) is 0 Å². The summed E-state index contributed by atoms with van der Waals surface area (Å²) in [7, 11) is 2.82. The van der Waals surface area contributed by atoms with Crippen molar-refractivity contribution in [1.29, 1.82) is 0 Å². The number of hydrogen-bond donors (Lipinski definition) is 3. The van der Waals surface area contributed by atoms with Gasteiger partial charge < -0.3 is 24.8 Å². The lowest BCUT2D eigenvalue weighted by Crippen LogP contribution is -2.69. The normalized spacial score (nSPS) is 52.2. The number of allylic oxidation sites excluding steroid dienone is 1. The number of methoxy groups -OCH3 is 2. The van der Waals surface area contributed by atoms with E-state index in [1.807, 2.05) is 0 Å². The second-order valence-corrected chi connectivity index (χ2v) is 15.3. The van der Waals surface area contributed by atoms with E-state index in [2.05, 4.69) is 40.7 Å². The Balaban J connectivity index is 1.64. The number of carbonyl (C=O) groups is 2. The van der Waals surface area contributed by atoms with Gasteiger partial charge in [-0.2, -0.15) is 0 Å². The van der Waals surface area contributed by atoms with Crippen LogP contribution >= 0.6 is 0 Å². The second kappa shape index (κ2) is 8.78. The molecule has 5 aliphatic rings. The van der Waals surface area contributed by atoms with Crippen molar-refractivity contribution in [3.05, 3.63) is 11.6 Å². The minimum absolute atomic E-state index is 0.135. The first-order valence-corrected chi connectivity index (χ1v) is 14.9. The fraction of sp³-hybridized carbons (Fsp3) is 0.875. The smallest absolute Gasteiger partial charge is 0.314 e. The Labute approximate surface area is 233 Å². The van der Waals surface area contributed by atoms with Gasteiger partial charge in [-0.05, 0) is 91.8 Å². The molecule has 11 unspecified atom stereocenters. The van der Waals surface area contributed by atoms with Crippen LogP contribution < -0.4 is 0 Å². The van der Waals surface area contributed by atoms with Crippen LogP contribution in [0.15, 0.2) is 11.6 Å². The number of fused-ring (bicyclic) bond motifs is 7. The number of ether oxygens (including phenoxy) is 2. The molecule has 0 saturated heterocycles. The van der Waals surface area contributed by atoms with Crippen LogP contribution in [0.4, 0.5) is 0 Å². The standard InChI is InChI=1S/C32H50O7/c1-27(2)13-15-32(26(37)39-8)16-14-29(4)18(22(32)24(27)35)9-10-20-28(3)17-19(33)23(34)31(6,25(36)38-7)21(28)11-12-30(20,29)5/h9,19-24,33-35H,10-17H2,1-8H3. The maximum atomic E-state index is 13.4. The molecule has 11 atom stereocenters. The van der Waals surface area contributed by atoms with Crippen molar-refractivity contribution < 1.29 is 34.4 Å². The maximum absolute atomic E-state index is 13.4. The van der Waals surface area contributed by atoms with Gasteiger partial charge in [0, 0.05) is 5.92 Å². The molecule has 0 aromatic carbocycles. The van der Waals surface area contributed by atoms with Crippen LogP contribution in [0.5, 0.6) is 0 Å². The SMILES string of the molecule is COC(=O)C12CCC(C)(C)C(O)C1C1=CCC3C4(C)CC(O)C(O)C(C)(C(=O)OC)C4CCC3(C)C1(C)CC2. The van der Waals surface area contributed by atoms with Gasteiger partial charge >= 0.3 is 11.9 Å². The van der Waals surface area contributed by atoms with Crippen molar-refractivity contribution in [2.24, 2.45) is 50.2 Å². The number of hydrogen-bond acceptors (Lipinski definition) is 7. The van der Waals surface area contributed by atoms with Crippen LogP contribution in [0.1, 0.15) is 92.9 Å². The Kier molecular flexibility index (Phi) is 6.54. The number of aliphatic hydroxyl groups excluding tert-OH is 3. The first kappa shape index (κ1) is 29.1. The van der Waals surface area contributed by atoms with E-state index in [9.17, 15) is 24.9 Å². The third-order valence-electron chi connectivity index (χ3n) is 13.7. The van der Waals surface area contributed by atoms with E-state index in [1.54, 1.807) is 6.92 Å². The van der Waals surface area contributed by atoms with E-state index < -0.39 is 40.5 Å². The Bertz CT molecular complexity index is 1080. The molecular formula is C32H50O7. The Hall–Kier alpha value is -1.44. The monoisotopic (exact) mass is 546 g/mol. The lowest BCUT2D eigenvalue weighted by atomic mass is 9.33. The van der Waals surface area contributed by atoms with E-state index in [4.69, 9.17) is 9.47 Å². The van der Waals surface area contributed by atoms with Gasteiger partial charge in [-0.15, -0.1) is 0 Å². The lowest BCUT2D eigenvalue weighted by molar-refractivity contribution is -0.243. The predicted octanol–water partition coefficient (Wildman–Crippen LogP) is 4.42. The van der Waals surface area contributed by atoms with Gasteiger partial charge in [-0.25, -0.2) is 0 Å². The number of carbonyl (C=O) groups excluding carboxylic acids is 2. The zero-order valence-electron chi connectivity index (χ0n) is 25.2. The number of esters is 2. The molecule has 220 valence electrons. The van der Waals surface area contributed by atoms with Crippen molar-refractivity contribution in [2.75, 3.05) is 14.2 Å². The van der Waals surface area contributed by atoms with Gasteiger partial charge in [-0.1, -0.05) is 46.3 Å². The average Bonchev–Trinajstić information content (AvgIpc) is 2.88. The molecule has 0 bridgehead atoms. The molecule has 4 fully saturated rings. The summed E-state index contributed by atoms with van der Waals surface area (Å²) in [5, 5.41) is 34.1. The highest BCUT2D eigenvalue weighted by atomic mass is 16.5. The van der Waals surface area contributed by atoms with E-state index in [-0.39, 0.29) is 40.0 Å². The molecule has 3 N–H and O–H groups in total. The highest BCUT2D eigenvalue weighted by molar-refractivity contribution is 5.79. The zero-order valence-corrected chi connectivity index (χ0v) is 25.2. The third-order valence-corrected chi connectivity index (χ3v) is 13.7. The summed E-state index contributed by atoms with van der Waals surface area (Å²) >= 11 is 0. The highest BCUT2D eigenvalue weighted by Gasteiger charge is 2.72. The summed E-state index contributed by atoms with van der Waals surface area (Å²) in [5.41, 5.74) is -1.85. The lowest BCUT2D eigenvalue weighted by Gasteiger charge is -2.71. The van der Waals surface area contributed by atoms with Gasteiger partial charge in [0.25, 0.3) is 0 Å². The topological polar surface area (TPSA) is 113 Å². The molecule has 0 aromatic heterocycles. The third kappa shape index (κ3) is 3.39. The van der Waals surface area contributed by atoms with Gasteiger partial charge in [0.05, 0.1) is 43.4 Å². The molecular weight excluding hydrogens is 496 g/mol. The molecule has 5 rings (SSSR count). The van der Waals surface area contributed by atoms with Gasteiger partial charge in [-0.3, -0.25) is 9.59 Å². The van der Waals surface area contributed by atoms with E-state index in [0.29, 0.717) is 19.3 Å². The predicted molar refractivity (Wildman–Crippen MR) is 146 cm³/mol. The molecule has 0 heterocycles. The molecule has 39 heavy (non-hydrogen) atoms. The van der Waals surface area contributed by atoms with Crippen molar-refractivity contribution >= 4 is 11.9 Å². The summed E-state index contributed by atoms with van der Waals surface area (Å²) < 4.78 is 10.6. The van der Waals surface area contributed by atoms with Crippen LogP contribution in [-0.2, 0) is 19.1 Å². The summed E-state index contributed by atoms with van der Waals surface area (Å²) in [6.07, 6.45) is 5.21. The van der Waals surface area contributed by atoms with Crippen LogP contribution in [0.25, 0.3) is 0 Å². The minimum Gasteiger partial charge on any atom is -0.469 e. The fourth-order valence-corrected chi connectivity index (χ4v) is 11.1. The quantitative estimate of drug-likeness (QED) is 0.347. The second-order valence-electron chi connectivity index (χ2n) is 15.3. The van der Waals surface area contributed by atoms with Gasteiger partial charge in [0.1, 0.15) is 0 Å².